The van der Waals surface area contributed by atoms with Gasteiger partial charge in [0.1, 0.15) is 0 Å². The molecule has 0 bridgehead atoms. The molecule has 0 unspecified atom stereocenters. The van der Waals surface area contributed by atoms with Crippen LogP contribution in [-0.2, 0) is 4.79 Å². The third kappa shape index (κ3) is 4.33. The van der Waals surface area contributed by atoms with E-state index in [2.05, 4.69) is 16.8 Å². The van der Waals surface area contributed by atoms with Crippen LogP contribution in [0, 0.1) is 0 Å². The summed E-state index contributed by atoms with van der Waals surface area (Å²) in [5, 5.41) is 2.79. The van der Waals surface area contributed by atoms with Crippen molar-refractivity contribution in [3.63, 3.8) is 0 Å². The van der Waals surface area contributed by atoms with E-state index in [9.17, 15) is 4.79 Å². The number of carbonyl (C=O) groups is 1. The van der Waals surface area contributed by atoms with Crippen molar-refractivity contribution in [1.29, 1.82) is 0 Å². The van der Waals surface area contributed by atoms with Gasteiger partial charge in [0.2, 0.25) is 5.91 Å². The number of hydrogen-bond acceptors (Lipinski definition) is 3. The Kier molecular flexibility index (Phi) is 5.49. The van der Waals surface area contributed by atoms with Crippen molar-refractivity contribution >= 4 is 5.91 Å². The first-order chi connectivity index (χ1) is 7.63. The van der Waals surface area contributed by atoms with E-state index in [1.807, 2.05) is 7.05 Å². The quantitative estimate of drug-likeness (QED) is 0.670. The highest BCUT2D eigenvalue weighted by Gasteiger charge is 2.22. The summed E-state index contributed by atoms with van der Waals surface area (Å²) in [4.78, 5) is 13.6. The van der Waals surface area contributed by atoms with Crippen molar-refractivity contribution in [2.45, 2.75) is 37.8 Å². The first-order valence-electron chi connectivity index (χ1n) is 5.97. The summed E-state index contributed by atoms with van der Waals surface area (Å²) in [6.07, 6.45) is 6.04. The minimum Gasteiger partial charge on any atom is -0.352 e. The average molecular weight is 225 g/mol. The first kappa shape index (κ1) is 13.2. The van der Waals surface area contributed by atoms with Crippen molar-refractivity contribution in [2.75, 3.05) is 20.1 Å². The summed E-state index contributed by atoms with van der Waals surface area (Å²) in [6, 6.07) is 0.869. The van der Waals surface area contributed by atoms with Crippen LogP contribution in [0.3, 0.4) is 0 Å². The molecule has 92 valence electrons. The maximum atomic E-state index is 11.5. The zero-order valence-electron chi connectivity index (χ0n) is 10.1. The van der Waals surface area contributed by atoms with Crippen molar-refractivity contribution in [1.82, 2.24) is 10.2 Å². The Bertz CT molecular complexity index is 234. The molecule has 1 aliphatic carbocycles. The topological polar surface area (TPSA) is 58.4 Å². The molecule has 1 rings (SSSR count). The number of nitrogens with zero attached hydrogens (tertiary/aromatic N) is 1. The van der Waals surface area contributed by atoms with Crippen LogP contribution in [0.5, 0.6) is 0 Å². The molecule has 1 amide bonds. The zero-order chi connectivity index (χ0) is 12.0. The Morgan fingerprint density at radius 1 is 1.50 bits per heavy atom. The summed E-state index contributed by atoms with van der Waals surface area (Å²) in [5.74, 6) is 0.0669. The van der Waals surface area contributed by atoms with Gasteiger partial charge < -0.3 is 11.1 Å². The normalized spacial score (nSPS) is 25.4. The summed E-state index contributed by atoms with van der Waals surface area (Å²) in [5.41, 5.74) is 5.86. The van der Waals surface area contributed by atoms with Crippen molar-refractivity contribution in [3.8, 4) is 0 Å². The predicted molar refractivity (Wildman–Crippen MR) is 66.1 cm³/mol. The second kappa shape index (κ2) is 6.66. The highest BCUT2D eigenvalue weighted by atomic mass is 16.2. The maximum absolute atomic E-state index is 11.5. The molecule has 3 N–H and O–H groups in total. The van der Waals surface area contributed by atoms with Gasteiger partial charge in [-0.1, -0.05) is 6.08 Å². The van der Waals surface area contributed by atoms with Gasteiger partial charge >= 0.3 is 0 Å². The van der Waals surface area contributed by atoms with Crippen LogP contribution in [0.4, 0.5) is 0 Å². The lowest BCUT2D eigenvalue weighted by Crippen LogP contribution is -2.43. The lowest BCUT2D eigenvalue weighted by atomic mass is 9.91. The standard InChI is InChI=1S/C12H23N3O/c1-3-8-14-12(16)9-15(2)11-6-4-10(13)5-7-11/h3,10-11H,1,4-9,13H2,2H3,(H,14,16). The summed E-state index contributed by atoms with van der Waals surface area (Å²) >= 11 is 0. The molecule has 0 spiro atoms. The van der Waals surface area contributed by atoms with E-state index < -0.39 is 0 Å². The molecule has 1 fully saturated rings. The van der Waals surface area contributed by atoms with Crippen LogP contribution in [0.2, 0.25) is 0 Å². The van der Waals surface area contributed by atoms with Crippen LogP contribution in [0.15, 0.2) is 12.7 Å². The van der Waals surface area contributed by atoms with Crippen LogP contribution < -0.4 is 11.1 Å². The van der Waals surface area contributed by atoms with E-state index in [0.29, 0.717) is 25.2 Å². The SMILES string of the molecule is C=CCNC(=O)CN(C)C1CCC(N)CC1. The molecule has 4 nitrogen and oxygen atoms in total. The second-order valence-corrected chi connectivity index (χ2v) is 4.58. The van der Waals surface area contributed by atoms with Crippen LogP contribution >= 0.6 is 0 Å². The molecule has 0 atom stereocenters. The number of nitrogens with two attached hydrogens (primary N) is 1. The molecule has 0 aliphatic heterocycles. The van der Waals surface area contributed by atoms with E-state index in [0.717, 1.165) is 25.7 Å². The van der Waals surface area contributed by atoms with Gasteiger partial charge in [0.25, 0.3) is 0 Å². The van der Waals surface area contributed by atoms with Gasteiger partial charge in [-0.25, -0.2) is 0 Å². The van der Waals surface area contributed by atoms with E-state index in [4.69, 9.17) is 5.73 Å². The molecule has 4 heteroatoms. The van der Waals surface area contributed by atoms with Gasteiger partial charge in [0.15, 0.2) is 0 Å². The molecule has 0 radical (unpaired) electrons. The van der Waals surface area contributed by atoms with Gasteiger partial charge in [0, 0.05) is 18.6 Å². The third-order valence-corrected chi connectivity index (χ3v) is 3.20. The number of amides is 1. The Balaban J connectivity index is 2.26. The summed E-state index contributed by atoms with van der Waals surface area (Å²) in [7, 11) is 2.01. The fourth-order valence-electron chi connectivity index (χ4n) is 2.14. The molecule has 0 heterocycles. The van der Waals surface area contributed by atoms with Crippen LogP contribution in [-0.4, -0.2) is 43.0 Å². The van der Waals surface area contributed by atoms with E-state index >= 15 is 0 Å². The van der Waals surface area contributed by atoms with Gasteiger partial charge in [-0.3, -0.25) is 9.69 Å². The average Bonchev–Trinajstić information content (AvgIpc) is 2.27. The number of rotatable bonds is 5. The minimum atomic E-state index is 0.0669. The van der Waals surface area contributed by atoms with Crippen molar-refractivity contribution < 1.29 is 4.79 Å². The molecular weight excluding hydrogens is 202 g/mol. The van der Waals surface area contributed by atoms with Crippen LogP contribution in [0.25, 0.3) is 0 Å². The fourth-order valence-corrected chi connectivity index (χ4v) is 2.14. The largest absolute Gasteiger partial charge is 0.352 e. The molecule has 1 saturated carbocycles. The van der Waals surface area contributed by atoms with E-state index in [1.165, 1.54) is 0 Å². The third-order valence-electron chi connectivity index (χ3n) is 3.20. The lowest BCUT2D eigenvalue weighted by molar-refractivity contribution is -0.122. The molecule has 0 aromatic heterocycles. The number of hydrogen-bond donors (Lipinski definition) is 2. The van der Waals surface area contributed by atoms with Crippen molar-refractivity contribution in [2.24, 2.45) is 5.73 Å². The predicted octanol–water partition coefficient (Wildman–Crippen LogP) is 0.490. The number of nitrogens with one attached hydrogen (secondary N) is 1. The van der Waals surface area contributed by atoms with Crippen LogP contribution in [0.1, 0.15) is 25.7 Å². The smallest absolute Gasteiger partial charge is 0.234 e. The molecule has 1 aliphatic rings. The Hall–Kier alpha value is -0.870. The fraction of sp³-hybridized carbons (Fsp3) is 0.750. The molecular formula is C12H23N3O. The van der Waals surface area contributed by atoms with Gasteiger partial charge in [0.05, 0.1) is 6.54 Å². The number of carbonyl (C=O) groups excluding carboxylic acids is 1. The highest BCUT2D eigenvalue weighted by Crippen LogP contribution is 2.20. The number of likely N-dealkylation sites (N-methyl/N-ethyl adjacent to an activating group) is 1. The minimum absolute atomic E-state index is 0.0669. The van der Waals surface area contributed by atoms with Crippen molar-refractivity contribution in [3.05, 3.63) is 12.7 Å². The molecule has 0 saturated heterocycles. The highest BCUT2D eigenvalue weighted by molar-refractivity contribution is 5.78. The lowest BCUT2D eigenvalue weighted by Gasteiger charge is -2.33. The molecule has 16 heavy (non-hydrogen) atoms. The van der Waals surface area contributed by atoms with Gasteiger partial charge in [-0.15, -0.1) is 6.58 Å². The Labute approximate surface area is 97.9 Å². The maximum Gasteiger partial charge on any atom is 0.234 e. The van der Waals surface area contributed by atoms with Gasteiger partial charge in [-0.05, 0) is 32.7 Å². The van der Waals surface area contributed by atoms with E-state index in [-0.39, 0.29) is 5.91 Å². The molecule has 0 aromatic rings. The summed E-state index contributed by atoms with van der Waals surface area (Å²) in [6.45, 7) is 4.58. The monoisotopic (exact) mass is 225 g/mol. The van der Waals surface area contributed by atoms with Gasteiger partial charge in [-0.2, -0.15) is 0 Å². The molecule has 0 aromatic carbocycles. The zero-order valence-corrected chi connectivity index (χ0v) is 10.1. The first-order valence-corrected chi connectivity index (χ1v) is 5.97. The summed E-state index contributed by atoms with van der Waals surface area (Å²) < 4.78 is 0. The van der Waals surface area contributed by atoms with E-state index in [1.54, 1.807) is 6.08 Å². The second-order valence-electron chi connectivity index (χ2n) is 4.58. The Morgan fingerprint density at radius 3 is 2.69 bits per heavy atom. The Morgan fingerprint density at radius 2 is 2.12 bits per heavy atom.